The van der Waals surface area contributed by atoms with E-state index >= 15 is 0 Å². The van der Waals surface area contributed by atoms with E-state index in [0.29, 0.717) is 12.1 Å². The standard InChI is InChI=1S/C13H17BrINO2/c14-12-6-5-10(15)9-11(12)13(18)16-7-3-1-2-4-8-17/h5-6,9,17H,1-4,7-8H2,(H,16,18). The number of halogens is 2. The molecule has 0 aliphatic carbocycles. The Morgan fingerprint density at radius 1 is 1.28 bits per heavy atom. The Labute approximate surface area is 130 Å². The minimum absolute atomic E-state index is 0.0393. The number of carbonyl (C=O) groups is 1. The smallest absolute Gasteiger partial charge is 0.252 e. The zero-order valence-electron chi connectivity index (χ0n) is 10.1. The van der Waals surface area contributed by atoms with Crippen molar-refractivity contribution in [2.75, 3.05) is 13.2 Å². The number of unbranched alkanes of at least 4 members (excludes halogenated alkanes) is 3. The number of hydrogen-bond donors (Lipinski definition) is 2. The SMILES string of the molecule is O=C(NCCCCCCO)c1cc(I)ccc1Br. The average Bonchev–Trinajstić information content (AvgIpc) is 2.36. The van der Waals surface area contributed by atoms with Crippen LogP contribution in [0.5, 0.6) is 0 Å². The van der Waals surface area contributed by atoms with Gasteiger partial charge in [0.25, 0.3) is 5.91 Å². The van der Waals surface area contributed by atoms with Crippen molar-refractivity contribution in [2.24, 2.45) is 0 Å². The van der Waals surface area contributed by atoms with Crippen molar-refractivity contribution in [2.45, 2.75) is 25.7 Å². The Hall–Kier alpha value is -0.140. The summed E-state index contributed by atoms with van der Waals surface area (Å²) in [5.74, 6) is -0.0393. The fourth-order valence-corrected chi connectivity index (χ4v) is 2.48. The topological polar surface area (TPSA) is 49.3 Å². The van der Waals surface area contributed by atoms with Crippen LogP contribution < -0.4 is 5.32 Å². The molecule has 0 aliphatic heterocycles. The van der Waals surface area contributed by atoms with Crippen LogP contribution in [0.3, 0.4) is 0 Å². The van der Waals surface area contributed by atoms with E-state index < -0.39 is 0 Å². The van der Waals surface area contributed by atoms with E-state index in [1.807, 2.05) is 18.2 Å². The predicted octanol–water partition coefficient (Wildman–Crippen LogP) is 3.34. The Morgan fingerprint density at radius 3 is 2.72 bits per heavy atom. The van der Waals surface area contributed by atoms with E-state index in [1.54, 1.807) is 0 Å². The quantitative estimate of drug-likeness (QED) is 0.520. The van der Waals surface area contributed by atoms with Crippen molar-refractivity contribution < 1.29 is 9.90 Å². The van der Waals surface area contributed by atoms with Gasteiger partial charge in [-0.05, 0) is 69.6 Å². The number of benzene rings is 1. The fourth-order valence-electron chi connectivity index (χ4n) is 1.56. The second-order valence-corrected chi connectivity index (χ2v) is 6.12. The van der Waals surface area contributed by atoms with Gasteiger partial charge in [-0.25, -0.2) is 0 Å². The fraction of sp³-hybridized carbons (Fsp3) is 0.462. The summed E-state index contributed by atoms with van der Waals surface area (Å²) in [5, 5.41) is 11.5. The van der Waals surface area contributed by atoms with Crippen LogP contribution in [-0.2, 0) is 0 Å². The molecule has 1 rings (SSSR count). The third kappa shape index (κ3) is 5.67. The van der Waals surface area contributed by atoms with Crippen LogP contribution in [0.2, 0.25) is 0 Å². The molecule has 0 bridgehead atoms. The van der Waals surface area contributed by atoms with Crippen LogP contribution in [-0.4, -0.2) is 24.2 Å². The van der Waals surface area contributed by atoms with Crippen LogP contribution in [0.1, 0.15) is 36.0 Å². The minimum atomic E-state index is -0.0393. The molecule has 1 amide bonds. The highest BCUT2D eigenvalue weighted by molar-refractivity contribution is 14.1. The van der Waals surface area contributed by atoms with E-state index in [-0.39, 0.29) is 12.5 Å². The maximum Gasteiger partial charge on any atom is 0.252 e. The summed E-state index contributed by atoms with van der Waals surface area (Å²) >= 11 is 5.57. The zero-order chi connectivity index (χ0) is 13.4. The maximum atomic E-state index is 11.9. The Balaban J connectivity index is 2.34. The zero-order valence-corrected chi connectivity index (χ0v) is 13.8. The van der Waals surface area contributed by atoms with Crippen LogP contribution in [0, 0.1) is 3.57 Å². The van der Waals surface area contributed by atoms with E-state index in [4.69, 9.17) is 5.11 Å². The summed E-state index contributed by atoms with van der Waals surface area (Å²) in [4.78, 5) is 11.9. The monoisotopic (exact) mass is 425 g/mol. The molecule has 0 saturated heterocycles. The highest BCUT2D eigenvalue weighted by atomic mass is 127. The van der Waals surface area contributed by atoms with Gasteiger partial charge >= 0.3 is 0 Å². The van der Waals surface area contributed by atoms with Gasteiger partial charge in [0.1, 0.15) is 0 Å². The van der Waals surface area contributed by atoms with Gasteiger partial charge < -0.3 is 10.4 Å². The lowest BCUT2D eigenvalue weighted by atomic mass is 10.2. The molecule has 18 heavy (non-hydrogen) atoms. The molecule has 0 spiro atoms. The summed E-state index contributed by atoms with van der Waals surface area (Å²) in [6.07, 6.45) is 3.84. The van der Waals surface area contributed by atoms with Crippen LogP contribution in [0.15, 0.2) is 22.7 Å². The number of amides is 1. The van der Waals surface area contributed by atoms with Gasteiger partial charge in [0.15, 0.2) is 0 Å². The normalized spacial score (nSPS) is 10.4. The lowest BCUT2D eigenvalue weighted by Gasteiger charge is -2.07. The predicted molar refractivity (Wildman–Crippen MR) is 84.7 cm³/mol. The van der Waals surface area contributed by atoms with Gasteiger partial charge in [-0.1, -0.05) is 12.8 Å². The first kappa shape index (κ1) is 15.9. The van der Waals surface area contributed by atoms with Crippen molar-refractivity contribution in [3.05, 3.63) is 31.8 Å². The summed E-state index contributed by atoms with van der Waals surface area (Å²) in [6, 6.07) is 5.71. The average molecular weight is 426 g/mol. The molecular formula is C13H17BrINO2. The highest BCUT2D eigenvalue weighted by Gasteiger charge is 2.09. The van der Waals surface area contributed by atoms with E-state index in [2.05, 4.69) is 43.8 Å². The number of carbonyl (C=O) groups excluding carboxylic acids is 1. The minimum Gasteiger partial charge on any atom is -0.396 e. The number of rotatable bonds is 7. The van der Waals surface area contributed by atoms with Crippen LogP contribution in [0.4, 0.5) is 0 Å². The van der Waals surface area contributed by atoms with E-state index in [0.717, 1.165) is 33.7 Å². The second-order valence-electron chi connectivity index (χ2n) is 4.02. The summed E-state index contributed by atoms with van der Waals surface area (Å²) in [6.45, 7) is 0.934. The molecule has 1 aromatic rings. The maximum absolute atomic E-state index is 11.9. The lowest BCUT2D eigenvalue weighted by molar-refractivity contribution is 0.0952. The molecule has 0 heterocycles. The molecule has 0 fully saturated rings. The highest BCUT2D eigenvalue weighted by Crippen LogP contribution is 2.19. The van der Waals surface area contributed by atoms with Gasteiger partial charge in [0.05, 0.1) is 5.56 Å². The van der Waals surface area contributed by atoms with Crippen molar-refractivity contribution in [1.29, 1.82) is 0 Å². The van der Waals surface area contributed by atoms with Crippen LogP contribution in [0.25, 0.3) is 0 Å². The molecule has 0 radical (unpaired) electrons. The van der Waals surface area contributed by atoms with Crippen molar-refractivity contribution >= 4 is 44.4 Å². The first-order valence-electron chi connectivity index (χ1n) is 5.99. The molecule has 0 saturated carbocycles. The lowest BCUT2D eigenvalue weighted by Crippen LogP contribution is -2.24. The van der Waals surface area contributed by atoms with Gasteiger partial charge in [-0.3, -0.25) is 4.79 Å². The number of aliphatic hydroxyl groups excluding tert-OH is 1. The van der Waals surface area contributed by atoms with Gasteiger partial charge in [0, 0.05) is 21.2 Å². The number of nitrogens with one attached hydrogen (secondary N) is 1. The third-order valence-electron chi connectivity index (χ3n) is 2.54. The third-order valence-corrected chi connectivity index (χ3v) is 3.91. The van der Waals surface area contributed by atoms with Crippen LogP contribution >= 0.6 is 38.5 Å². The first-order valence-corrected chi connectivity index (χ1v) is 7.86. The van der Waals surface area contributed by atoms with E-state index in [9.17, 15) is 4.79 Å². The molecule has 0 aliphatic rings. The summed E-state index contributed by atoms with van der Waals surface area (Å²) in [7, 11) is 0. The van der Waals surface area contributed by atoms with Gasteiger partial charge in [0.2, 0.25) is 0 Å². The molecule has 2 N–H and O–H groups in total. The molecule has 1 aromatic carbocycles. The first-order chi connectivity index (χ1) is 8.65. The van der Waals surface area contributed by atoms with Crippen molar-refractivity contribution in [1.82, 2.24) is 5.32 Å². The van der Waals surface area contributed by atoms with Gasteiger partial charge in [-0.15, -0.1) is 0 Å². The molecular weight excluding hydrogens is 409 g/mol. The molecule has 0 aromatic heterocycles. The molecule has 100 valence electrons. The Kier molecular flexibility index (Phi) is 7.85. The Morgan fingerprint density at radius 2 is 2.00 bits per heavy atom. The number of hydrogen-bond acceptors (Lipinski definition) is 2. The Bertz CT molecular complexity index is 399. The van der Waals surface area contributed by atoms with Crippen molar-refractivity contribution in [3.63, 3.8) is 0 Å². The largest absolute Gasteiger partial charge is 0.396 e. The second kappa shape index (κ2) is 8.87. The van der Waals surface area contributed by atoms with Crippen molar-refractivity contribution in [3.8, 4) is 0 Å². The van der Waals surface area contributed by atoms with Gasteiger partial charge in [-0.2, -0.15) is 0 Å². The molecule has 0 atom stereocenters. The molecule has 0 unspecified atom stereocenters. The summed E-state index contributed by atoms with van der Waals surface area (Å²) in [5.41, 5.74) is 0.678. The van der Waals surface area contributed by atoms with E-state index in [1.165, 1.54) is 0 Å². The summed E-state index contributed by atoms with van der Waals surface area (Å²) < 4.78 is 1.87. The molecule has 5 heteroatoms. The molecule has 3 nitrogen and oxygen atoms in total. The number of aliphatic hydroxyl groups is 1.